The third kappa shape index (κ3) is 5.73. The van der Waals surface area contributed by atoms with E-state index in [9.17, 15) is 9.59 Å². The van der Waals surface area contributed by atoms with E-state index in [1.807, 2.05) is 70.2 Å². The molecule has 2 aromatic rings. The van der Waals surface area contributed by atoms with Gasteiger partial charge >= 0.3 is 0 Å². The number of benzene rings is 2. The molecule has 26 heavy (non-hydrogen) atoms. The van der Waals surface area contributed by atoms with Crippen LogP contribution in [0.1, 0.15) is 47.3 Å². The second-order valence-corrected chi connectivity index (χ2v) is 7.17. The van der Waals surface area contributed by atoms with E-state index >= 15 is 0 Å². The van der Waals surface area contributed by atoms with Gasteiger partial charge in [0.05, 0.1) is 0 Å². The minimum Gasteiger partial charge on any atom is -0.350 e. The molecular formula is C22H28N2O2. The first kappa shape index (κ1) is 19.7. The lowest BCUT2D eigenvalue weighted by molar-refractivity contribution is -0.123. The molecule has 0 heterocycles. The van der Waals surface area contributed by atoms with Gasteiger partial charge in [0, 0.05) is 12.1 Å². The van der Waals surface area contributed by atoms with Gasteiger partial charge in [-0.2, -0.15) is 0 Å². The van der Waals surface area contributed by atoms with Gasteiger partial charge in [0.2, 0.25) is 5.91 Å². The normalized spacial score (nSPS) is 11.9. The van der Waals surface area contributed by atoms with E-state index in [2.05, 4.69) is 10.6 Å². The van der Waals surface area contributed by atoms with Crippen LogP contribution in [0, 0.1) is 19.8 Å². The third-order valence-corrected chi connectivity index (χ3v) is 4.31. The minimum atomic E-state index is -0.549. The number of carbonyl (C=O) groups excluding carboxylic acids is 2. The van der Waals surface area contributed by atoms with Crippen LogP contribution in [0.2, 0.25) is 0 Å². The fourth-order valence-electron chi connectivity index (χ4n) is 2.78. The van der Waals surface area contributed by atoms with Crippen LogP contribution < -0.4 is 10.6 Å². The van der Waals surface area contributed by atoms with Crippen molar-refractivity contribution in [1.82, 2.24) is 10.6 Å². The Kier molecular flexibility index (Phi) is 6.96. The van der Waals surface area contributed by atoms with Crippen LogP contribution in [-0.2, 0) is 11.3 Å². The molecule has 1 atom stereocenters. The lowest BCUT2D eigenvalue weighted by Crippen LogP contribution is -2.47. The number of aryl methyl sites for hydroxylation is 2. The molecule has 0 fully saturated rings. The van der Waals surface area contributed by atoms with Crippen molar-refractivity contribution in [2.45, 2.75) is 46.7 Å². The Balaban J connectivity index is 2.03. The summed E-state index contributed by atoms with van der Waals surface area (Å²) in [5, 5.41) is 5.84. The maximum Gasteiger partial charge on any atom is 0.252 e. The van der Waals surface area contributed by atoms with Gasteiger partial charge in [-0.05, 0) is 43.4 Å². The molecule has 0 saturated heterocycles. The average molecular weight is 352 g/mol. The van der Waals surface area contributed by atoms with Crippen LogP contribution >= 0.6 is 0 Å². The number of carbonyl (C=O) groups is 2. The lowest BCUT2D eigenvalue weighted by atomic mass is 10.0. The van der Waals surface area contributed by atoms with E-state index in [0.717, 1.165) is 11.1 Å². The van der Waals surface area contributed by atoms with Crippen molar-refractivity contribution < 1.29 is 9.59 Å². The quantitative estimate of drug-likeness (QED) is 0.797. The Morgan fingerprint density at radius 3 is 2.23 bits per heavy atom. The van der Waals surface area contributed by atoms with Gasteiger partial charge in [0.15, 0.2) is 0 Å². The SMILES string of the molecule is Cc1ccc(CNC(=O)[C@@H](CC(C)C)NC(=O)c2ccccc2C)cc1. The average Bonchev–Trinajstić information content (AvgIpc) is 2.60. The molecule has 4 nitrogen and oxygen atoms in total. The Bertz CT molecular complexity index is 751. The molecule has 0 bridgehead atoms. The largest absolute Gasteiger partial charge is 0.350 e. The van der Waals surface area contributed by atoms with Crippen LogP contribution in [0.15, 0.2) is 48.5 Å². The van der Waals surface area contributed by atoms with E-state index in [0.29, 0.717) is 24.4 Å². The zero-order valence-electron chi connectivity index (χ0n) is 16.0. The first-order valence-corrected chi connectivity index (χ1v) is 9.06. The first-order chi connectivity index (χ1) is 12.4. The molecule has 0 aliphatic heterocycles. The molecule has 2 rings (SSSR count). The van der Waals surface area contributed by atoms with Gasteiger partial charge in [-0.1, -0.05) is 61.9 Å². The summed E-state index contributed by atoms with van der Waals surface area (Å²) in [5.41, 5.74) is 3.72. The molecular weight excluding hydrogens is 324 g/mol. The van der Waals surface area contributed by atoms with Gasteiger partial charge < -0.3 is 10.6 Å². The van der Waals surface area contributed by atoms with E-state index in [1.54, 1.807) is 6.07 Å². The van der Waals surface area contributed by atoms with Crippen molar-refractivity contribution in [3.8, 4) is 0 Å². The van der Waals surface area contributed by atoms with Gasteiger partial charge in [-0.15, -0.1) is 0 Å². The van der Waals surface area contributed by atoms with Crippen molar-refractivity contribution >= 4 is 11.8 Å². The number of amides is 2. The van der Waals surface area contributed by atoms with Gasteiger partial charge in [-0.25, -0.2) is 0 Å². The predicted octanol–water partition coefficient (Wildman–Crippen LogP) is 3.76. The Labute approximate surface area is 156 Å². The van der Waals surface area contributed by atoms with Gasteiger partial charge in [-0.3, -0.25) is 9.59 Å². The zero-order valence-corrected chi connectivity index (χ0v) is 16.0. The molecule has 2 N–H and O–H groups in total. The van der Waals surface area contributed by atoms with Crippen molar-refractivity contribution in [2.75, 3.05) is 0 Å². The standard InChI is InChI=1S/C22H28N2O2/c1-15(2)13-20(24-21(25)19-8-6-5-7-17(19)4)22(26)23-14-18-11-9-16(3)10-12-18/h5-12,15,20H,13-14H2,1-4H3,(H,23,26)(H,24,25)/t20-/m1/s1. The zero-order chi connectivity index (χ0) is 19.1. The topological polar surface area (TPSA) is 58.2 Å². The summed E-state index contributed by atoms with van der Waals surface area (Å²) in [5.74, 6) is -0.0669. The van der Waals surface area contributed by atoms with E-state index in [1.165, 1.54) is 5.56 Å². The molecule has 138 valence electrons. The summed E-state index contributed by atoms with van der Waals surface area (Å²) < 4.78 is 0. The van der Waals surface area contributed by atoms with Crippen molar-refractivity contribution in [2.24, 2.45) is 5.92 Å². The fraction of sp³-hybridized carbons (Fsp3) is 0.364. The maximum absolute atomic E-state index is 12.6. The molecule has 2 aromatic carbocycles. The van der Waals surface area contributed by atoms with Crippen LogP contribution in [0.5, 0.6) is 0 Å². The van der Waals surface area contributed by atoms with Crippen LogP contribution in [0.4, 0.5) is 0 Å². The summed E-state index contributed by atoms with van der Waals surface area (Å²) in [7, 11) is 0. The number of hydrogen-bond acceptors (Lipinski definition) is 2. The lowest BCUT2D eigenvalue weighted by Gasteiger charge is -2.21. The highest BCUT2D eigenvalue weighted by molar-refractivity contribution is 5.98. The van der Waals surface area contributed by atoms with E-state index in [-0.39, 0.29) is 11.8 Å². The molecule has 2 amide bonds. The van der Waals surface area contributed by atoms with Crippen molar-refractivity contribution in [3.63, 3.8) is 0 Å². The van der Waals surface area contributed by atoms with Crippen LogP contribution in [-0.4, -0.2) is 17.9 Å². The monoisotopic (exact) mass is 352 g/mol. The highest BCUT2D eigenvalue weighted by atomic mass is 16.2. The summed E-state index contributed by atoms with van der Waals surface area (Å²) >= 11 is 0. The molecule has 4 heteroatoms. The molecule has 0 radical (unpaired) electrons. The van der Waals surface area contributed by atoms with Crippen LogP contribution in [0.25, 0.3) is 0 Å². The molecule has 0 unspecified atom stereocenters. The van der Waals surface area contributed by atoms with Gasteiger partial charge in [0.1, 0.15) is 6.04 Å². The third-order valence-electron chi connectivity index (χ3n) is 4.31. The molecule has 0 aliphatic rings. The summed E-state index contributed by atoms with van der Waals surface area (Å²) in [6, 6.07) is 14.9. The number of hydrogen-bond donors (Lipinski definition) is 2. The highest BCUT2D eigenvalue weighted by Gasteiger charge is 2.22. The summed E-state index contributed by atoms with van der Waals surface area (Å²) in [6.07, 6.45) is 0.595. The Morgan fingerprint density at radius 2 is 1.62 bits per heavy atom. The maximum atomic E-state index is 12.6. The predicted molar refractivity (Wildman–Crippen MR) is 105 cm³/mol. The smallest absolute Gasteiger partial charge is 0.252 e. The van der Waals surface area contributed by atoms with Crippen molar-refractivity contribution in [3.05, 3.63) is 70.8 Å². The van der Waals surface area contributed by atoms with E-state index in [4.69, 9.17) is 0 Å². The second kappa shape index (κ2) is 9.18. The highest BCUT2D eigenvalue weighted by Crippen LogP contribution is 2.10. The minimum absolute atomic E-state index is 0.152. The van der Waals surface area contributed by atoms with Gasteiger partial charge in [0.25, 0.3) is 5.91 Å². The van der Waals surface area contributed by atoms with Crippen LogP contribution in [0.3, 0.4) is 0 Å². The molecule has 0 aromatic heterocycles. The summed E-state index contributed by atoms with van der Waals surface area (Å²) in [6.45, 7) is 8.46. The molecule has 0 aliphatic carbocycles. The fourth-order valence-corrected chi connectivity index (χ4v) is 2.78. The second-order valence-electron chi connectivity index (χ2n) is 7.17. The number of nitrogens with one attached hydrogen (secondary N) is 2. The van der Waals surface area contributed by atoms with Crippen molar-refractivity contribution in [1.29, 1.82) is 0 Å². The number of rotatable bonds is 7. The molecule has 0 spiro atoms. The Hall–Kier alpha value is -2.62. The Morgan fingerprint density at radius 1 is 0.962 bits per heavy atom. The molecule has 0 saturated carbocycles. The van der Waals surface area contributed by atoms with E-state index < -0.39 is 6.04 Å². The summed E-state index contributed by atoms with van der Waals surface area (Å²) in [4.78, 5) is 25.2. The first-order valence-electron chi connectivity index (χ1n) is 9.06.